The van der Waals surface area contributed by atoms with Crippen LogP contribution in [0.5, 0.6) is 0 Å². The Morgan fingerprint density at radius 1 is 1.42 bits per heavy atom. The summed E-state index contributed by atoms with van der Waals surface area (Å²) >= 11 is 0. The van der Waals surface area contributed by atoms with Crippen molar-refractivity contribution in [3.63, 3.8) is 0 Å². The van der Waals surface area contributed by atoms with Gasteiger partial charge in [-0.3, -0.25) is 4.79 Å². The second-order valence-electron chi connectivity index (χ2n) is 5.99. The van der Waals surface area contributed by atoms with Crippen molar-refractivity contribution in [1.29, 1.82) is 0 Å². The molecule has 1 amide bonds. The summed E-state index contributed by atoms with van der Waals surface area (Å²) in [5, 5.41) is 7.01. The molecule has 6 nitrogen and oxygen atoms in total. The number of nitrogens with one attached hydrogen (secondary N) is 1. The second-order valence-corrected chi connectivity index (χ2v) is 8.22. The van der Waals surface area contributed by atoms with E-state index in [1.54, 1.807) is 35.9 Å². The van der Waals surface area contributed by atoms with Gasteiger partial charge in [0.25, 0.3) is 0 Å². The number of benzene rings is 1. The van der Waals surface area contributed by atoms with Crippen LogP contribution in [0.15, 0.2) is 30.3 Å². The molecule has 1 saturated heterocycles. The number of sulfone groups is 1. The van der Waals surface area contributed by atoms with Crippen molar-refractivity contribution < 1.29 is 17.6 Å². The van der Waals surface area contributed by atoms with Gasteiger partial charge in [0.1, 0.15) is 11.6 Å². The average Bonchev–Trinajstić information content (AvgIpc) is 3.03. The van der Waals surface area contributed by atoms with Crippen LogP contribution < -0.4 is 5.32 Å². The molecular formula is C16H18FN3O3S. The third-order valence-electron chi connectivity index (χ3n) is 3.99. The number of carbonyl (C=O) groups is 1. The lowest BCUT2D eigenvalue weighted by atomic mass is 10.1. The molecule has 1 aromatic heterocycles. The monoisotopic (exact) mass is 351 g/mol. The predicted molar refractivity (Wildman–Crippen MR) is 88.0 cm³/mol. The summed E-state index contributed by atoms with van der Waals surface area (Å²) in [6.07, 6.45) is 0.375. The van der Waals surface area contributed by atoms with E-state index in [0.717, 1.165) is 0 Å². The second kappa shape index (κ2) is 6.35. The Morgan fingerprint density at radius 2 is 2.17 bits per heavy atom. The maximum absolute atomic E-state index is 13.6. The first-order chi connectivity index (χ1) is 11.3. The quantitative estimate of drug-likeness (QED) is 0.912. The molecular weight excluding hydrogens is 333 g/mol. The van der Waals surface area contributed by atoms with Gasteiger partial charge in [-0.05, 0) is 25.0 Å². The van der Waals surface area contributed by atoms with E-state index in [1.165, 1.54) is 6.07 Å². The number of aromatic nitrogens is 2. The first-order valence-electron chi connectivity index (χ1n) is 7.64. The van der Waals surface area contributed by atoms with Crippen LogP contribution in [0.1, 0.15) is 23.7 Å². The zero-order chi connectivity index (χ0) is 17.3. The summed E-state index contributed by atoms with van der Waals surface area (Å²) in [5.74, 6) is -0.221. The predicted octanol–water partition coefficient (Wildman–Crippen LogP) is 1.87. The molecule has 0 aliphatic carbocycles. The highest BCUT2D eigenvalue weighted by atomic mass is 32.2. The van der Waals surface area contributed by atoms with Gasteiger partial charge in [0.2, 0.25) is 5.91 Å². The van der Waals surface area contributed by atoms with E-state index in [9.17, 15) is 17.6 Å². The van der Waals surface area contributed by atoms with E-state index >= 15 is 0 Å². The van der Waals surface area contributed by atoms with Gasteiger partial charge in [0.15, 0.2) is 9.84 Å². The Kier molecular flexibility index (Phi) is 4.40. The van der Waals surface area contributed by atoms with Gasteiger partial charge in [-0.25, -0.2) is 17.5 Å². The van der Waals surface area contributed by atoms with Gasteiger partial charge < -0.3 is 5.32 Å². The van der Waals surface area contributed by atoms with Crippen molar-refractivity contribution in [1.82, 2.24) is 9.78 Å². The summed E-state index contributed by atoms with van der Waals surface area (Å²) < 4.78 is 38.5. The minimum Gasteiger partial charge on any atom is -0.311 e. The van der Waals surface area contributed by atoms with Crippen molar-refractivity contribution in [2.75, 3.05) is 16.8 Å². The lowest BCUT2D eigenvalue weighted by molar-refractivity contribution is -0.115. The van der Waals surface area contributed by atoms with Gasteiger partial charge in [0.05, 0.1) is 29.7 Å². The Labute approximate surface area is 139 Å². The maximum Gasteiger partial charge on any atom is 0.230 e. The van der Waals surface area contributed by atoms with Crippen molar-refractivity contribution in [3.8, 4) is 0 Å². The molecule has 1 unspecified atom stereocenters. The van der Waals surface area contributed by atoms with E-state index in [0.29, 0.717) is 23.5 Å². The highest BCUT2D eigenvalue weighted by Crippen LogP contribution is 2.27. The SMILES string of the molecule is Cc1cc(NC(=O)Cc2ccccc2F)n(C2CCS(=O)(=O)C2)n1. The minimum absolute atomic E-state index is 0.0182. The van der Waals surface area contributed by atoms with Crippen LogP contribution in [0.3, 0.4) is 0 Å². The third kappa shape index (κ3) is 3.64. The first-order valence-corrected chi connectivity index (χ1v) is 9.46. The molecule has 0 radical (unpaired) electrons. The molecule has 1 aliphatic rings. The fourth-order valence-electron chi connectivity index (χ4n) is 2.86. The Hall–Kier alpha value is -2.22. The van der Waals surface area contributed by atoms with E-state index in [-0.39, 0.29) is 29.9 Å². The van der Waals surface area contributed by atoms with Gasteiger partial charge in [-0.15, -0.1) is 0 Å². The molecule has 2 aromatic rings. The molecule has 1 aliphatic heterocycles. The molecule has 24 heavy (non-hydrogen) atoms. The largest absolute Gasteiger partial charge is 0.311 e. The van der Waals surface area contributed by atoms with Gasteiger partial charge >= 0.3 is 0 Å². The summed E-state index contributed by atoms with van der Waals surface area (Å²) in [4.78, 5) is 12.2. The molecule has 128 valence electrons. The number of halogens is 1. The number of nitrogens with zero attached hydrogens (tertiary/aromatic N) is 2. The van der Waals surface area contributed by atoms with Crippen molar-refractivity contribution in [2.24, 2.45) is 0 Å². The Morgan fingerprint density at radius 3 is 2.83 bits per heavy atom. The van der Waals surface area contributed by atoms with Crippen molar-refractivity contribution in [2.45, 2.75) is 25.8 Å². The highest BCUT2D eigenvalue weighted by Gasteiger charge is 2.31. The molecule has 0 bridgehead atoms. The average molecular weight is 351 g/mol. The number of hydrogen-bond donors (Lipinski definition) is 1. The van der Waals surface area contributed by atoms with Gasteiger partial charge in [-0.1, -0.05) is 18.2 Å². The maximum atomic E-state index is 13.6. The number of rotatable bonds is 4. The number of anilines is 1. The molecule has 1 N–H and O–H groups in total. The van der Waals surface area contributed by atoms with Crippen molar-refractivity contribution in [3.05, 3.63) is 47.4 Å². The zero-order valence-electron chi connectivity index (χ0n) is 13.2. The zero-order valence-corrected chi connectivity index (χ0v) is 14.0. The Balaban J connectivity index is 1.76. The van der Waals surface area contributed by atoms with Crippen LogP contribution in [0, 0.1) is 12.7 Å². The summed E-state index contributed by atoms with van der Waals surface area (Å²) in [6.45, 7) is 1.77. The summed E-state index contributed by atoms with van der Waals surface area (Å²) in [7, 11) is -3.06. The van der Waals surface area contributed by atoms with E-state index in [2.05, 4.69) is 10.4 Å². The number of hydrogen-bond acceptors (Lipinski definition) is 4. The fourth-order valence-corrected chi connectivity index (χ4v) is 4.55. The summed E-state index contributed by atoms with van der Waals surface area (Å²) in [6, 6.07) is 7.50. The summed E-state index contributed by atoms with van der Waals surface area (Å²) in [5.41, 5.74) is 0.988. The third-order valence-corrected chi connectivity index (χ3v) is 5.74. The molecule has 0 saturated carbocycles. The smallest absolute Gasteiger partial charge is 0.230 e. The van der Waals surface area contributed by atoms with E-state index in [4.69, 9.17) is 0 Å². The molecule has 0 spiro atoms. The fraction of sp³-hybridized carbons (Fsp3) is 0.375. The van der Waals surface area contributed by atoms with Gasteiger partial charge in [-0.2, -0.15) is 5.10 Å². The van der Waals surface area contributed by atoms with Crippen LogP contribution in [0.4, 0.5) is 10.2 Å². The van der Waals surface area contributed by atoms with E-state index < -0.39 is 15.7 Å². The van der Waals surface area contributed by atoms with Crippen molar-refractivity contribution >= 4 is 21.6 Å². The van der Waals surface area contributed by atoms with Gasteiger partial charge in [0, 0.05) is 6.07 Å². The topological polar surface area (TPSA) is 81.1 Å². The van der Waals surface area contributed by atoms with Crippen LogP contribution >= 0.6 is 0 Å². The molecule has 2 heterocycles. The Bertz CT molecular complexity index is 876. The standard InChI is InChI=1S/C16H18FN3O3S/c1-11-8-15(20(19-11)13-6-7-24(22,23)10-13)18-16(21)9-12-4-2-3-5-14(12)17/h2-5,8,13H,6-7,9-10H2,1H3,(H,18,21). The van der Waals surface area contributed by atoms with Crippen LogP contribution in [-0.4, -0.2) is 35.6 Å². The van der Waals surface area contributed by atoms with E-state index in [1.807, 2.05) is 0 Å². The lowest BCUT2D eigenvalue weighted by Gasteiger charge is -2.14. The molecule has 8 heteroatoms. The van der Waals surface area contributed by atoms with Crippen LogP contribution in [0.25, 0.3) is 0 Å². The highest BCUT2D eigenvalue weighted by molar-refractivity contribution is 7.91. The minimum atomic E-state index is -3.06. The number of aryl methyl sites for hydroxylation is 1. The number of amides is 1. The molecule has 1 atom stereocenters. The van der Waals surface area contributed by atoms with Crippen LogP contribution in [0.2, 0.25) is 0 Å². The molecule has 3 rings (SSSR count). The molecule has 1 fully saturated rings. The normalized spacial score (nSPS) is 19.3. The molecule has 1 aromatic carbocycles. The lowest BCUT2D eigenvalue weighted by Crippen LogP contribution is -2.21. The number of carbonyl (C=O) groups excluding carboxylic acids is 1. The first kappa shape index (κ1) is 16.6. The van der Waals surface area contributed by atoms with Crippen LogP contribution in [-0.2, 0) is 21.1 Å².